The number of carbonyl (C=O) groups excluding carboxylic acids is 1. The number of ether oxygens (including phenoxy) is 1. The zero-order valence-electron chi connectivity index (χ0n) is 13.3. The second kappa shape index (κ2) is 8.24. The number of carbonyl (C=O) groups is 1. The first kappa shape index (κ1) is 17.7. The van der Waals surface area contributed by atoms with E-state index in [0.717, 1.165) is 52.1 Å². The van der Waals surface area contributed by atoms with Gasteiger partial charge in [0.1, 0.15) is 0 Å². The van der Waals surface area contributed by atoms with Gasteiger partial charge in [0.25, 0.3) is 0 Å². The highest BCUT2D eigenvalue weighted by atomic mass is 32.2. The lowest BCUT2D eigenvalue weighted by atomic mass is 9.99. The lowest BCUT2D eigenvalue weighted by molar-refractivity contribution is -0.126. The van der Waals surface area contributed by atoms with Crippen LogP contribution in [-0.2, 0) is 19.6 Å². The van der Waals surface area contributed by atoms with Gasteiger partial charge >= 0.3 is 0 Å². The maximum Gasteiger partial charge on any atom is 0.224 e. The van der Waals surface area contributed by atoms with Crippen molar-refractivity contribution in [1.29, 1.82) is 0 Å². The Morgan fingerprint density at radius 3 is 2.68 bits per heavy atom. The van der Waals surface area contributed by atoms with Gasteiger partial charge in [0.05, 0.1) is 25.4 Å². The summed E-state index contributed by atoms with van der Waals surface area (Å²) in [6, 6.07) is 0. The average molecular weight is 333 g/mol. The van der Waals surface area contributed by atoms with Crippen LogP contribution in [0.15, 0.2) is 0 Å². The molecule has 1 N–H and O–H groups in total. The molecular formula is C14H27N3O4S. The highest BCUT2D eigenvalue weighted by Gasteiger charge is 2.29. The number of rotatable bonds is 6. The summed E-state index contributed by atoms with van der Waals surface area (Å²) >= 11 is 0. The van der Waals surface area contributed by atoms with Gasteiger partial charge < -0.3 is 10.1 Å². The highest BCUT2D eigenvalue weighted by Crippen LogP contribution is 2.18. The molecule has 0 saturated carbocycles. The fourth-order valence-corrected chi connectivity index (χ4v) is 3.85. The Labute approximate surface area is 133 Å². The van der Waals surface area contributed by atoms with Crippen LogP contribution in [0.5, 0.6) is 0 Å². The topological polar surface area (TPSA) is 79.0 Å². The second-order valence-electron chi connectivity index (χ2n) is 6.06. The van der Waals surface area contributed by atoms with Gasteiger partial charge in [-0.3, -0.25) is 9.69 Å². The standard InChI is InChI=1S/C14H27N3O4S/c1-22(19,20)17-7-2-4-13(12-17)14(18)15-5-3-6-16-8-10-21-11-9-16/h13H,2-12H2,1H3,(H,15,18)/t13-/m0/s1. The van der Waals surface area contributed by atoms with Gasteiger partial charge in [-0.25, -0.2) is 12.7 Å². The maximum atomic E-state index is 12.2. The summed E-state index contributed by atoms with van der Waals surface area (Å²) in [5.41, 5.74) is 0. The lowest BCUT2D eigenvalue weighted by Gasteiger charge is -2.30. The minimum atomic E-state index is -3.20. The molecule has 0 bridgehead atoms. The predicted octanol–water partition coefficient (Wildman–Crippen LogP) is -0.503. The van der Waals surface area contributed by atoms with E-state index in [1.165, 1.54) is 10.6 Å². The summed E-state index contributed by atoms with van der Waals surface area (Å²) in [6.45, 7) is 5.94. The third kappa shape index (κ3) is 5.49. The highest BCUT2D eigenvalue weighted by molar-refractivity contribution is 7.88. The molecule has 2 aliphatic heterocycles. The number of nitrogens with zero attached hydrogens (tertiary/aromatic N) is 2. The Morgan fingerprint density at radius 2 is 2.00 bits per heavy atom. The second-order valence-corrected chi connectivity index (χ2v) is 8.04. The Bertz CT molecular complexity index is 463. The number of morpholine rings is 1. The zero-order chi connectivity index (χ0) is 16.0. The zero-order valence-corrected chi connectivity index (χ0v) is 14.1. The lowest BCUT2D eigenvalue weighted by Crippen LogP contribution is -2.45. The molecule has 1 amide bonds. The van der Waals surface area contributed by atoms with Crippen molar-refractivity contribution in [2.24, 2.45) is 5.92 Å². The van der Waals surface area contributed by atoms with E-state index in [-0.39, 0.29) is 11.8 Å². The summed E-state index contributed by atoms with van der Waals surface area (Å²) in [6.07, 6.45) is 3.63. The number of hydrogen-bond donors (Lipinski definition) is 1. The van der Waals surface area contributed by atoms with Gasteiger partial charge in [0.15, 0.2) is 0 Å². The monoisotopic (exact) mass is 333 g/mol. The largest absolute Gasteiger partial charge is 0.379 e. The Kier molecular flexibility index (Phi) is 6.61. The van der Waals surface area contributed by atoms with Crippen molar-refractivity contribution in [3.05, 3.63) is 0 Å². The van der Waals surface area contributed by atoms with Crippen molar-refractivity contribution in [1.82, 2.24) is 14.5 Å². The molecule has 0 aromatic heterocycles. The molecule has 0 aromatic rings. The van der Waals surface area contributed by atoms with Crippen LogP contribution >= 0.6 is 0 Å². The smallest absolute Gasteiger partial charge is 0.224 e. The summed E-state index contributed by atoms with van der Waals surface area (Å²) in [5, 5.41) is 2.95. The van der Waals surface area contributed by atoms with Crippen LogP contribution in [0.2, 0.25) is 0 Å². The summed E-state index contributed by atoms with van der Waals surface area (Å²) in [4.78, 5) is 14.5. The van der Waals surface area contributed by atoms with Crippen molar-refractivity contribution in [3.63, 3.8) is 0 Å². The molecule has 0 unspecified atom stereocenters. The number of nitrogens with one attached hydrogen (secondary N) is 1. The van der Waals surface area contributed by atoms with Crippen molar-refractivity contribution in [3.8, 4) is 0 Å². The normalized spacial score (nSPS) is 25.0. The number of hydrogen-bond acceptors (Lipinski definition) is 5. The van der Waals surface area contributed by atoms with Crippen molar-refractivity contribution < 1.29 is 17.9 Å². The molecule has 0 aliphatic carbocycles. The van der Waals surface area contributed by atoms with Crippen LogP contribution < -0.4 is 5.32 Å². The first-order valence-electron chi connectivity index (χ1n) is 8.00. The molecule has 2 fully saturated rings. The maximum absolute atomic E-state index is 12.2. The summed E-state index contributed by atoms with van der Waals surface area (Å²) < 4.78 is 29.8. The van der Waals surface area contributed by atoms with Gasteiger partial charge in [0.2, 0.25) is 15.9 Å². The summed E-state index contributed by atoms with van der Waals surface area (Å²) in [5.74, 6) is -0.234. The van der Waals surface area contributed by atoms with E-state index in [0.29, 0.717) is 19.6 Å². The fraction of sp³-hybridized carbons (Fsp3) is 0.929. The van der Waals surface area contributed by atoms with Crippen LogP contribution in [0, 0.1) is 5.92 Å². The van der Waals surface area contributed by atoms with E-state index in [1.54, 1.807) is 0 Å². The van der Waals surface area contributed by atoms with E-state index in [9.17, 15) is 13.2 Å². The first-order valence-corrected chi connectivity index (χ1v) is 9.84. The van der Waals surface area contributed by atoms with E-state index in [2.05, 4.69) is 10.2 Å². The molecule has 0 radical (unpaired) electrons. The van der Waals surface area contributed by atoms with Crippen molar-refractivity contribution in [2.45, 2.75) is 19.3 Å². The van der Waals surface area contributed by atoms with Crippen LogP contribution in [0.4, 0.5) is 0 Å². The van der Waals surface area contributed by atoms with Gasteiger partial charge in [-0.15, -0.1) is 0 Å². The SMILES string of the molecule is CS(=O)(=O)N1CCC[C@H](C(=O)NCCCN2CCOCC2)C1. The molecule has 22 heavy (non-hydrogen) atoms. The molecule has 2 rings (SSSR count). The van der Waals surface area contributed by atoms with Crippen LogP contribution in [0.25, 0.3) is 0 Å². The van der Waals surface area contributed by atoms with Gasteiger partial charge in [-0.1, -0.05) is 0 Å². The fourth-order valence-electron chi connectivity index (χ4n) is 2.94. The number of piperidine rings is 1. The Hall–Kier alpha value is -0.700. The molecule has 2 saturated heterocycles. The van der Waals surface area contributed by atoms with Gasteiger partial charge in [-0.2, -0.15) is 0 Å². The third-order valence-electron chi connectivity index (χ3n) is 4.28. The molecule has 1 atom stereocenters. The Morgan fingerprint density at radius 1 is 1.27 bits per heavy atom. The summed E-state index contributed by atoms with van der Waals surface area (Å²) in [7, 11) is -3.20. The molecule has 2 heterocycles. The quantitative estimate of drug-likeness (QED) is 0.663. The molecular weight excluding hydrogens is 306 g/mol. The first-order chi connectivity index (χ1) is 10.5. The Balaban J connectivity index is 1.66. The van der Waals surface area contributed by atoms with Crippen LogP contribution in [0.3, 0.4) is 0 Å². The molecule has 0 spiro atoms. The van der Waals surface area contributed by atoms with Gasteiger partial charge in [0, 0.05) is 32.7 Å². The van der Waals surface area contributed by atoms with Crippen molar-refractivity contribution >= 4 is 15.9 Å². The molecule has 0 aromatic carbocycles. The molecule has 7 nitrogen and oxygen atoms in total. The minimum absolute atomic E-state index is 0.0182. The van der Waals surface area contributed by atoms with Gasteiger partial charge in [-0.05, 0) is 25.8 Å². The van der Waals surface area contributed by atoms with E-state index in [4.69, 9.17) is 4.74 Å². The molecule has 8 heteroatoms. The molecule has 128 valence electrons. The van der Waals surface area contributed by atoms with E-state index in [1.807, 2.05) is 0 Å². The third-order valence-corrected chi connectivity index (χ3v) is 5.55. The van der Waals surface area contributed by atoms with Crippen LogP contribution in [0.1, 0.15) is 19.3 Å². The predicted molar refractivity (Wildman–Crippen MR) is 84.0 cm³/mol. The number of sulfonamides is 1. The number of amides is 1. The van der Waals surface area contributed by atoms with Crippen molar-refractivity contribution in [2.75, 3.05) is 58.7 Å². The van der Waals surface area contributed by atoms with E-state index >= 15 is 0 Å². The van der Waals surface area contributed by atoms with E-state index < -0.39 is 10.0 Å². The van der Waals surface area contributed by atoms with Crippen LogP contribution in [-0.4, -0.2) is 82.3 Å². The minimum Gasteiger partial charge on any atom is -0.379 e. The molecule has 2 aliphatic rings. The average Bonchev–Trinajstić information content (AvgIpc) is 2.52.